The number of nitrogens with zero attached hydrogens (tertiary/aromatic N) is 10. The zero-order valence-corrected chi connectivity index (χ0v) is 35.0. The number of aryl methyl sites for hydroxylation is 2. The van der Waals surface area contributed by atoms with E-state index in [0.717, 1.165) is 0 Å². The maximum Gasteiger partial charge on any atom is 0.342 e. The summed E-state index contributed by atoms with van der Waals surface area (Å²) in [6.07, 6.45) is 2.35. The Morgan fingerprint density at radius 1 is 0.603 bits per heavy atom. The lowest BCUT2D eigenvalue weighted by molar-refractivity contribution is -0.392. The Morgan fingerprint density at radius 2 is 0.897 bits per heavy atom. The highest BCUT2D eigenvalue weighted by Crippen LogP contribution is 2.14. The van der Waals surface area contributed by atoms with Gasteiger partial charge in [-0.25, -0.2) is 19.1 Å². The number of esters is 2. The highest BCUT2D eigenvalue weighted by Gasteiger charge is 2.26. The fraction of sp³-hybridized carbons (Fsp3) is 0.722. The number of carbonyl (C=O) groups excluding carboxylic acids is 4. The molecular formula is C36H60N12O10. The van der Waals surface area contributed by atoms with Crippen LogP contribution >= 0.6 is 0 Å². The predicted molar refractivity (Wildman–Crippen MR) is 211 cm³/mol. The molecule has 1 aliphatic rings. The molecule has 2 N–H and O–H groups in total. The number of hydrogen-bond acceptors (Lipinski definition) is 16. The standard InChI is InChI=1S/C36H60N12O10/c1-27-39-21-31(47(53)54)45(27)11-9-37-29(49)23-41-13-17-43(25-33(51)57-35(3,4)5)19-15-42(16-20-44(18-14-41)26-34(52)58-36(6,7)8)24-30(50)38-10-12-46-28(2)40-22-32(46)48(55)56/h21-22H,9-20,23-26H2,1-8H3,(H,37,49)(H,38,50). The number of amides is 2. The molecule has 2 amide bonds. The van der Waals surface area contributed by atoms with Crippen LogP contribution in [0.2, 0.25) is 0 Å². The first-order valence-electron chi connectivity index (χ1n) is 19.3. The van der Waals surface area contributed by atoms with Gasteiger partial charge in [0, 0.05) is 66.2 Å². The molecule has 58 heavy (non-hydrogen) atoms. The van der Waals surface area contributed by atoms with E-state index in [4.69, 9.17) is 9.47 Å². The van der Waals surface area contributed by atoms with Gasteiger partial charge in [-0.2, -0.15) is 0 Å². The molecule has 0 unspecified atom stereocenters. The molecule has 1 saturated heterocycles. The smallest absolute Gasteiger partial charge is 0.342 e. The number of nitro groups is 2. The third kappa shape index (κ3) is 16.8. The molecule has 0 aromatic carbocycles. The Labute approximate surface area is 338 Å². The lowest BCUT2D eigenvalue weighted by atomic mass is 10.2. The van der Waals surface area contributed by atoms with Gasteiger partial charge in [-0.3, -0.25) is 38.8 Å². The Bertz CT molecular complexity index is 1590. The van der Waals surface area contributed by atoms with Crippen molar-refractivity contribution in [2.24, 2.45) is 0 Å². The molecule has 22 heteroatoms. The molecule has 0 atom stereocenters. The second kappa shape index (κ2) is 21.6. The summed E-state index contributed by atoms with van der Waals surface area (Å²) in [4.78, 5) is 89.9. The normalized spacial score (nSPS) is 15.9. The summed E-state index contributed by atoms with van der Waals surface area (Å²) in [6.45, 7) is 17.4. The zero-order valence-electron chi connectivity index (χ0n) is 35.0. The Kier molecular flexibility index (Phi) is 17.6. The van der Waals surface area contributed by atoms with Gasteiger partial charge in [0.1, 0.15) is 36.7 Å². The van der Waals surface area contributed by atoms with Crippen molar-refractivity contribution in [2.75, 3.05) is 91.6 Å². The SMILES string of the molecule is Cc1ncc([N+](=O)[O-])n1CCNC(=O)CN1CCN(CC(=O)OC(C)(C)C)CCN(CC(=O)NCCn2c([N+](=O)[O-])cnc2C)CCN(CC(=O)OC(C)(C)C)CC1. The average molecular weight is 821 g/mol. The van der Waals surface area contributed by atoms with Crippen molar-refractivity contribution in [3.05, 3.63) is 44.3 Å². The van der Waals surface area contributed by atoms with Crippen LogP contribution in [-0.2, 0) is 41.7 Å². The summed E-state index contributed by atoms with van der Waals surface area (Å²) in [7, 11) is 0. The zero-order chi connectivity index (χ0) is 43.2. The summed E-state index contributed by atoms with van der Waals surface area (Å²) in [5.41, 5.74) is -1.42. The van der Waals surface area contributed by atoms with Crippen molar-refractivity contribution in [3.8, 4) is 0 Å². The van der Waals surface area contributed by atoms with E-state index in [0.29, 0.717) is 64.0 Å². The van der Waals surface area contributed by atoms with Crippen molar-refractivity contribution in [2.45, 2.75) is 79.7 Å². The molecule has 0 aliphatic carbocycles. The third-order valence-electron chi connectivity index (χ3n) is 8.97. The number of aromatic nitrogens is 4. The number of nitrogens with one attached hydrogen (secondary N) is 2. The summed E-state index contributed by atoms with van der Waals surface area (Å²) in [6, 6.07) is 0. The van der Waals surface area contributed by atoms with Crippen molar-refractivity contribution in [1.29, 1.82) is 0 Å². The maximum absolute atomic E-state index is 13.2. The largest absolute Gasteiger partial charge is 0.459 e. The van der Waals surface area contributed by atoms with Crippen molar-refractivity contribution in [3.63, 3.8) is 0 Å². The lowest BCUT2D eigenvalue weighted by Crippen LogP contribution is -2.51. The van der Waals surface area contributed by atoms with Crippen LogP contribution in [-0.4, -0.2) is 175 Å². The molecular weight excluding hydrogens is 760 g/mol. The molecule has 1 fully saturated rings. The van der Waals surface area contributed by atoms with Gasteiger partial charge in [-0.15, -0.1) is 0 Å². The first kappa shape index (κ1) is 47.3. The highest BCUT2D eigenvalue weighted by atomic mass is 16.6. The van der Waals surface area contributed by atoms with E-state index in [1.165, 1.54) is 21.5 Å². The van der Waals surface area contributed by atoms with Crippen LogP contribution < -0.4 is 10.6 Å². The van der Waals surface area contributed by atoms with Crippen LogP contribution in [0.3, 0.4) is 0 Å². The summed E-state index contributed by atoms with van der Waals surface area (Å²) < 4.78 is 14.1. The van der Waals surface area contributed by atoms with E-state index >= 15 is 0 Å². The molecule has 324 valence electrons. The maximum atomic E-state index is 13.2. The fourth-order valence-corrected chi connectivity index (χ4v) is 6.21. The lowest BCUT2D eigenvalue weighted by Gasteiger charge is -2.34. The second-order valence-electron chi connectivity index (χ2n) is 16.1. The van der Waals surface area contributed by atoms with Gasteiger partial charge in [0.05, 0.1) is 39.3 Å². The minimum absolute atomic E-state index is 0.0143. The fourth-order valence-electron chi connectivity index (χ4n) is 6.21. The molecule has 0 radical (unpaired) electrons. The summed E-state index contributed by atoms with van der Waals surface area (Å²) in [5.74, 6) is -0.898. The van der Waals surface area contributed by atoms with Crippen LogP contribution in [0.4, 0.5) is 11.6 Å². The van der Waals surface area contributed by atoms with Crippen molar-refractivity contribution < 1.29 is 38.5 Å². The van der Waals surface area contributed by atoms with Crippen molar-refractivity contribution in [1.82, 2.24) is 49.3 Å². The van der Waals surface area contributed by atoms with E-state index < -0.39 is 33.0 Å². The van der Waals surface area contributed by atoms with Gasteiger partial charge in [-0.1, -0.05) is 0 Å². The molecule has 3 heterocycles. The van der Waals surface area contributed by atoms with Gasteiger partial charge in [0.15, 0.2) is 11.6 Å². The number of ether oxygens (including phenoxy) is 2. The Hall–Kier alpha value is -5.06. The van der Waals surface area contributed by atoms with E-state index in [2.05, 4.69) is 20.6 Å². The molecule has 0 saturated carbocycles. The van der Waals surface area contributed by atoms with Crippen molar-refractivity contribution >= 4 is 35.4 Å². The van der Waals surface area contributed by atoms with E-state index in [1.807, 2.05) is 19.6 Å². The predicted octanol–water partition coefficient (Wildman–Crippen LogP) is 0.350. The van der Waals surface area contributed by atoms with Crippen LogP contribution in [0.5, 0.6) is 0 Å². The highest BCUT2D eigenvalue weighted by molar-refractivity contribution is 5.78. The van der Waals surface area contributed by atoms with Gasteiger partial charge in [0.25, 0.3) is 0 Å². The van der Waals surface area contributed by atoms with Crippen LogP contribution in [0.1, 0.15) is 53.2 Å². The van der Waals surface area contributed by atoms with E-state index in [1.54, 1.807) is 55.4 Å². The minimum Gasteiger partial charge on any atom is -0.459 e. The van der Waals surface area contributed by atoms with Crippen LogP contribution in [0.15, 0.2) is 12.4 Å². The molecule has 3 rings (SSSR count). The summed E-state index contributed by atoms with van der Waals surface area (Å²) >= 11 is 0. The summed E-state index contributed by atoms with van der Waals surface area (Å²) in [5, 5.41) is 28.5. The van der Waals surface area contributed by atoms with Gasteiger partial charge in [0.2, 0.25) is 11.8 Å². The molecule has 0 bridgehead atoms. The van der Waals surface area contributed by atoms with E-state index in [-0.39, 0.29) is 75.8 Å². The monoisotopic (exact) mass is 820 g/mol. The minimum atomic E-state index is -0.708. The molecule has 2 aromatic rings. The quantitative estimate of drug-likeness (QED) is 0.132. The first-order chi connectivity index (χ1) is 27.1. The first-order valence-corrected chi connectivity index (χ1v) is 19.3. The number of imidazole rings is 2. The van der Waals surface area contributed by atoms with Gasteiger partial charge in [-0.05, 0) is 51.4 Å². The molecule has 22 nitrogen and oxygen atoms in total. The number of rotatable bonds is 16. The second-order valence-corrected chi connectivity index (χ2v) is 16.1. The number of carbonyl (C=O) groups is 4. The topological polar surface area (TPSA) is 246 Å². The molecule has 0 spiro atoms. The number of hydrogen-bond donors (Lipinski definition) is 2. The Balaban J connectivity index is 1.76. The average Bonchev–Trinajstić information content (AvgIpc) is 3.65. The van der Waals surface area contributed by atoms with E-state index in [9.17, 15) is 39.4 Å². The van der Waals surface area contributed by atoms with Crippen LogP contribution in [0.25, 0.3) is 0 Å². The molecule has 2 aromatic heterocycles. The van der Waals surface area contributed by atoms with Gasteiger partial charge >= 0.3 is 23.6 Å². The van der Waals surface area contributed by atoms with Gasteiger partial charge < -0.3 is 40.3 Å². The third-order valence-corrected chi connectivity index (χ3v) is 8.97. The Morgan fingerprint density at radius 3 is 1.17 bits per heavy atom. The molecule has 1 aliphatic heterocycles. The van der Waals surface area contributed by atoms with Crippen LogP contribution in [0, 0.1) is 34.1 Å².